The Morgan fingerprint density at radius 2 is 2.14 bits per heavy atom. The summed E-state index contributed by atoms with van der Waals surface area (Å²) in [5, 5.41) is 3.29. The summed E-state index contributed by atoms with van der Waals surface area (Å²) < 4.78 is 10.5. The monoisotopic (exact) mass is 314 g/mol. The SMILES string of the molecule is COc1ccc(OC)c(CC(=O)N2CCNC[C@H]2C)c1.Cl. The highest BCUT2D eigenvalue weighted by Gasteiger charge is 2.23. The normalized spacial score (nSPS) is 17.9. The van der Waals surface area contributed by atoms with Crippen LogP contribution in [-0.4, -0.2) is 50.7 Å². The summed E-state index contributed by atoms with van der Waals surface area (Å²) in [7, 11) is 3.23. The molecule has 1 aromatic rings. The fourth-order valence-corrected chi connectivity index (χ4v) is 2.50. The zero-order valence-electron chi connectivity index (χ0n) is 12.7. The predicted octanol–water partition coefficient (Wildman–Crippen LogP) is 1.49. The molecule has 0 aliphatic carbocycles. The van der Waals surface area contributed by atoms with Crippen molar-refractivity contribution in [2.45, 2.75) is 19.4 Å². The molecule has 21 heavy (non-hydrogen) atoms. The first-order valence-corrected chi connectivity index (χ1v) is 6.86. The van der Waals surface area contributed by atoms with E-state index in [2.05, 4.69) is 12.2 Å². The van der Waals surface area contributed by atoms with Gasteiger partial charge in [0.25, 0.3) is 0 Å². The van der Waals surface area contributed by atoms with E-state index in [1.807, 2.05) is 23.1 Å². The van der Waals surface area contributed by atoms with E-state index in [0.29, 0.717) is 6.42 Å². The molecule has 6 heteroatoms. The second-order valence-corrected chi connectivity index (χ2v) is 4.99. The van der Waals surface area contributed by atoms with Crippen LogP contribution in [-0.2, 0) is 11.2 Å². The maximum absolute atomic E-state index is 12.4. The average Bonchev–Trinajstić information content (AvgIpc) is 2.47. The summed E-state index contributed by atoms with van der Waals surface area (Å²) in [6.07, 6.45) is 0.338. The van der Waals surface area contributed by atoms with Crippen LogP contribution in [0.2, 0.25) is 0 Å². The van der Waals surface area contributed by atoms with E-state index < -0.39 is 0 Å². The van der Waals surface area contributed by atoms with Crippen molar-refractivity contribution in [1.29, 1.82) is 0 Å². The zero-order valence-corrected chi connectivity index (χ0v) is 13.5. The number of benzene rings is 1. The van der Waals surface area contributed by atoms with Crippen molar-refractivity contribution in [2.75, 3.05) is 33.9 Å². The van der Waals surface area contributed by atoms with E-state index >= 15 is 0 Å². The Labute approximate surface area is 132 Å². The minimum Gasteiger partial charge on any atom is -0.497 e. The molecule has 118 valence electrons. The molecule has 0 spiro atoms. The van der Waals surface area contributed by atoms with Gasteiger partial charge in [-0.15, -0.1) is 12.4 Å². The van der Waals surface area contributed by atoms with Gasteiger partial charge in [-0.2, -0.15) is 0 Å². The molecule has 1 fully saturated rings. The van der Waals surface area contributed by atoms with E-state index in [4.69, 9.17) is 9.47 Å². The minimum atomic E-state index is 0. The second-order valence-electron chi connectivity index (χ2n) is 4.99. The van der Waals surface area contributed by atoms with Gasteiger partial charge in [-0.1, -0.05) is 0 Å². The lowest BCUT2D eigenvalue weighted by Crippen LogP contribution is -2.52. The first-order valence-electron chi connectivity index (χ1n) is 6.86. The van der Waals surface area contributed by atoms with Crippen molar-refractivity contribution in [2.24, 2.45) is 0 Å². The standard InChI is InChI=1S/C15H22N2O3.ClH/c1-11-10-16-6-7-17(11)15(18)9-12-8-13(19-2)4-5-14(12)20-3;/h4-5,8,11,16H,6-7,9-10H2,1-3H3;1H/t11-;/m1./s1. The van der Waals surface area contributed by atoms with Crippen molar-refractivity contribution in [3.63, 3.8) is 0 Å². The van der Waals surface area contributed by atoms with Gasteiger partial charge >= 0.3 is 0 Å². The second kappa shape index (κ2) is 8.10. The van der Waals surface area contributed by atoms with E-state index in [9.17, 15) is 4.79 Å². The Balaban J connectivity index is 0.00000220. The molecule has 0 saturated carbocycles. The number of ether oxygens (including phenoxy) is 2. The lowest BCUT2D eigenvalue weighted by atomic mass is 10.1. The largest absolute Gasteiger partial charge is 0.497 e. The topological polar surface area (TPSA) is 50.8 Å². The smallest absolute Gasteiger partial charge is 0.227 e. The van der Waals surface area contributed by atoms with Crippen LogP contribution in [0.15, 0.2) is 18.2 Å². The van der Waals surface area contributed by atoms with E-state index in [1.165, 1.54) is 0 Å². The van der Waals surface area contributed by atoms with Crippen LogP contribution < -0.4 is 14.8 Å². The van der Waals surface area contributed by atoms with Gasteiger partial charge in [0, 0.05) is 31.2 Å². The van der Waals surface area contributed by atoms with Crippen LogP contribution in [0.1, 0.15) is 12.5 Å². The third-order valence-corrected chi connectivity index (χ3v) is 3.65. The maximum atomic E-state index is 12.4. The first kappa shape index (κ1) is 17.6. The summed E-state index contributed by atoms with van der Waals surface area (Å²) in [5.74, 6) is 1.59. The number of methoxy groups -OCH3 is 2. The van der Waals surface area contributed by atoms with Gasteiger partial charge in [0.1, 0.15) is 11.5 Å². The Bertz CT molecular complexity index is 482. The van der Waals surface area contributed by atoms with Crippen LogP contribution in [0.4, 0.5) is 0 Å². The van der Waals surface area contributed by atoms with Gasteiger partial charge in [0.05, 0.1) is 20.6 Å². The molecule has 2 rings (SSSR count). The van der Waals surface area contributed by atoms with Crippen molar-refractivity contribution >= 4 is 18.3 Å². The number of hydrogen-bond acceptors (Lipinski definition) is 4. The molecule has 0 aromatic heterocycles. The Morgan fingerprint density at radius 3 is 2.76 bits per heavy atom. The molecule has 1 atom stereocenters. The number of halogens is 1. The number of nitrogens with one attached hydrogen (secondary N) is 1. The zero-order chi connectivity index (χ0) is 14.5. The van der Waals surface area contributed by atoms with Crippen LogP contribution in [0, 0.1) is 0 Å². The average molecular weight is 315 g/mol. The van der Waals surface area contributed by atoms with Crippen LogP contribution in [0.25, 0.3) is 0 Å². The van der Waals surface area contributed by atoms with Gasteiger partial charge in [-0.3, -0.25) is 4.79 Å². The molecule has 1 aromatic carbocycles. The number of carbonyl (C=O) groups is 1. The molecular formula is C15H23ClN2O3. The molecule has 1 heterocycles. The van der Waals surface area contributed by atoms with E-state index in [-0.39, 0.29) is 24.4 Å². The number of carbonyl (C=O) groups excluding carboxylic acids is 1. The highest BCUT2D eigenvalue weighted by atomic mass is 35.5. The molecule has 1 aliphatic rings. The highest BCUT2D eigenvalue weighted by molar-refractivity contribution is 5.85. The van der Waals surface area contributed by atoms with Crippen LogP contribution >= 0.6 is 12.4 Å². The number of amides is 1. The molecule has 0 radical (unpaired) electrons. The van der Waals surface area contributed by atoms with Gasteiger partial charge < -0.3 is 19.7 Å². The fourth-order valence-electron chi connectivity index (χ4n) is 2.50. The van der Waals surface area contributed by atoms with Crippen LogP contribution in [0.5, 0.6) is 11.5 Å². The molecule has 0 unspecified atom stereocenters. The lowest BCUT2D eigenvalue weighted by molar-refractivity contribution is -0.133. The number of piperazine rings is 1. The van der Waals surface area contributed by atoms with Crippen molar-refractivity contribution in [1.82, 2.24) is 10.2 Å². The Hall–Kier alpha value is -1.46. The molecule has 1 aliphatic heterocycles. The summed E-state index contributed by atoms with van der Waals surface area (Å²) in [5.41, 5.74) is 0.864. The molecule has 1 N–H and O–H groups in total. The molecule has 1 amide bonds. The predicted molar refractivity (Wildman–Crippen MR) is 84.5 cm³/mol. The van der Waals surface area contributed by atoms with Gasteiger partial charge in [0.15, 0.2) is 0 Å². The number of rotatable bonds is 4. The highest BCUT2D eigenvalue weighted by Crippen LogP contribution is 2.25. The quantitative estimate of drug-likeness (QED) is 0.915. The Kier molecular flexibility index (Phi) is 6.78. The summed E-state index contributed by atoms with van der Waals surface area (Å²) in [4.78, 5) is 14.4. The van der Waals surface area contributed by atoms with Gasteiger partial charge in [-0.05, 0) is 25.1 Å². The number of nitrogens with zero attached hydrogens (tertiary/aromatic N) is 1. The molecule has 1 saturated heterocycles. The third-order valence-electron chi connectivity index (χ3n) is 3.65. The third kappa shape index (κ3) is 4.25. The first-order chi connectivity index (χ1) is 9.65. The van der Waals surface area contributed by atoms with Gasteiger partial charge in [-0.25, -0.2) is 0 Å². The van der Waals surface area contributed by atoms with E-state index in [0.717, 1.165) is 36.7 Å². The summed E-state index contributed by atoms with van der Waals surface area (Å²) in [6, 6.07) is 5.76. The maximum Gasteiger partial charge on any atom is 0.227 e. The Morgan fingerprint density at radius 1 is 1.38 bits per heavy atom. The van der Waals surface area contributed by atoms with Crippen molar-refractivity contribution in [3.05, 3.63) is 23.8 Å². The minimum absolute atomic E-state index is 0. The molecule has 5 nitrogen and oxygen atoms in total. The summed E-state index contributed by atoms with van der Waals surface area (Å²) in [6.45, 7) is 4.52. The fraction of sp³-hybridized carbons (Fsp3) is 0.533. The van der Waals surface area contributed by atoms with Crippen LogP contribution in [0.3, 0.4) is 0 Å². The molecule has 0 bridgehead atoms. The summed E-state index contributed by atoms with van der Waals surface area (Å²) >= 11 is 0. The van der Waals surface area contributed by atoms with E-state index in [1.54, 1.807) is 14.2 Å². The van der Waals surface area contributed by atoms with Crippen molar-refractivity contribution < 1.29 is 14.3 Å². The van der Waals surface area contributed by atoms with Crippen molar-refractivity contribution in [3.8, 4) is 11.5 Å². The van der Waals surface area contributed by atoms with Gasteiger partial charge in [0.2, 0.25) is 5.91 Å². The number of hydrogen-bond donors (Lipinski definition) is 1. The molecular weight excluding hydrogens is 292 g/mol. The lowest BCUT2D eigenvalue weighted by Gasteiger charge is -2.34.